The van der Waals surface area contributed by atoms with E-state index in [9.17, 15) is 10.1 Å². The lowest BCUT2D eigenvalue weighted by molar-refractivity contribution is -0.385. The smallest absolute Gasteiger partial charge is 0.274 e. The van der Waals surface area contributed by atoms with E-state index in [1.165, 1.54) is 0 Å². The van der Waals surface area contributed by atoms with Gasteiger partial charge in [0.1, 0.15) is 0 Å². The van der Waals surface area contributed by atoms with Crippen molar-refractivity contribution < 1.29 is 4.92 Å². The molecule has 0 atom stereocenters. The van der Waals surface area contributed by atoms with E-state index < -0.39 is 0 Å². The van der Waals surface area contributed by atoms with Gasteiger partial charge in [-0.3, -0.25) is 10.1 Å². The van der Waals surface area contributed by atoms with Gasteiger partial charge in [-0.15, -0.1) is 0 Å². The van der Waals surface area contributed by atoms with Gasteiger partial charge in [0, 0.05) is 24.8 Å². The molecule has 4 heteroatoms. The lowest BCUT2D eigenvalue weighted by Crippen LogP contribution is -2.18. The molecule has 1 heterocycles. The lowest BCUT2D eigenvalue weighted by Gasteiger charge is -2.15. The van der Waals surface area contributed by atoms with Gasteiger partial charge in [0.2, 0.25) is 0 Å². The minimum Gasteiger partial charge on any atom is -0.371 e. The van der Waals surface area contributed by atoms with Crippen molar-refractivity contribution in [2.75, 3.05) is 18.0 Å². The van der Waals surface area contributed by atoms with Gasteiger partial charge in [0.15, 0.2) is 0 Å². The lowest BCUT2D eigenvalue weighted by atomic mass is 10.1. The SMILES string of the molecule is CCN1CCc2c1cccc2[N+](=O)[O-]. The molecule has 0 saturated carbocycles. The molecule has 4 nitrogen and oxygen atoms in total. The molecular formula is C10H12N2O2. The highest BCUT2D eigenvalue weighted by Crippen LogP contribution is 2.34. The fourth-order valence-electron chi connectivity index (χ4n) is 1.98. The molecule has 1 aromatic carbocycles. The second-order valence-electron chi connectivity index (χ2n) is 3.36. The Hall–Kier alpha value is -1.58. The molecule has 14 heavy (non-hydrogen) atoms. The Morgan fingerprint density at radius 3 is 3.00 bits per heavy atom. The Bertz CT molecular complexity index is 376. The minimum absolute atomic E-state index is 0.262. The van der Waals surface area contributed by atoms with Gasteiger partial charge in [-0.25, -0.2) is 0 Å². The molecule has 0 N–H and O–H groups in total. The number of rotatable bonds is 2. The van der Waals surface area contributed by atoms with E-state index in [2.05, 4.69) is 11.8 Å². The van der Waals surface area contributed by atoms with E-state index in [1.807, 2.05) is 6.07 Å². The maximum absolute atomic E-state index is 10.7. The Kier molecular flexibility index (Phi) is 2.11. The third-order valence-electron chi connectivity index (χ3n) is 2.68. The molecule has 0 radical (unpaired) electrons. The van der Waals surface area contributed by atoms with Crippen LogP contribution in [-0.4, -0.2) is 18.0 Å². The molecule has 74 valence electrons. The Labute approximate surface area is 82.3 Å². The van der Waals surface area contributed by atoms with Crippen LogP contribution in [0.25, 0.3) is 0 Å². The molecule has 0 fully saturated rings. The maximum atomic E-state index is 10.7. The largest absolute Gasteiger partial charge is 0.371 e. The zero-order chi connectivity index (χ0) is 10.1. The average molecular weight is 192 g/mol. The number of hydrogen-bond donors (Lipinski definition) is 0. The summed E-state index contributed by atoms with van der Waals surface area (Å²) in [6.45, 7) is 3.87. The molecule has 1 aliphatic rings. The highest BCUT2D eigenvalue weighted by molar-refractivity contribution is 5.65. The van der Waals surface area contributed by atoms with Gasteiger partial charge in [-0.2, -0.15) is 0 Å². The van der Waals surface area contributed by atoms with Crippen molar-refractivity contribution in [1.82, 2.24) is 0 Å². The van der Waals surface area contributed by atoms with Gasteiger partial charge in [-0.05, 0) is 19.4 Å². The summed E-state index contributed by atoms with van der Waals surface area (Å²) in [5, 5.41) is 10.7. The van der Waals surface area contributed by atoms with Gasteiger partial charge in [0.05, 0.1) is 10.5 Å². The highest BCUT2D eigenvalue weighted by Gasteiger charge is 2.25. The molecule has 0 spiro atoms. The second kappa shape index (κ2) is 3.29. The van der Waals surface area contributed by atoms with Crippen LogP contribution in [0.15, 0.2) is 18.2 Å². The zero-order valence-corrected chi connectivity index (χ0v) is 8.06. The van der Waals surface area contributed by atoms with Crippen molar-refractivity contribution in [3.8, 4) is 0 Å². The van der Waals surface area contributed by atoms with Crippen molar-refractivity contribution in [2.24, 2.45) is 0 Å². The molecule has 0 amide bonds. The standard InChI is InChI=1S/C10H12N2O2/c1-2-11-7-6-8-9(11)4-3-5-10(8)12(13)14/h3-5H,2,6-7H2,1H3. The average Bonchev–Trinajstić information content (AvgIpc) is 2.59. The van der Waals surface area contributed by atoms with E-state index >= 15 is 0 Å². The van der Waals surface area contributed by atoms with Gasteiger partial charge in [-0.1, -0.05) is 6.07 Å². The van der Waals surface area contributed by atoms with E-state index in [4.69, 9.17) is 0 Å². The molecule has 2 rings (SSSR count). The van der Waals surface area contributed by atoms with E-state index in [0.717, 1.165) is 30.8 Å². The first-order valence-corrected chi connectivity index (χ1v) is 4.75. The third kappa shape index (κ3) is 1.23. The first-order valence-electron chi connectivity index (χ1n) is 4.75. The van der Waals surface area contributed by atoms with Gasteiger partial charge in [0.25, 0.3) is 5.69 Å². The molecule has 0 saturated heterocycles. The number of likely N-dealkylation sites (N-methyl/N-ethyl adjacent to an activating group) is 1. The molecule has 0 unspecified atom stereocenters. The molecule has 0 bridgehead atoms. The van der Waals surface area contributed by atoms with Gasteiger partial charge >= 0.3 is 0 Å². The number of nitrogens with zero attached hydrogens (tertiary/aromatic N) is 2. The Balaban J connectivity index is 2.49. The number of hydrogen-bond acceptors (Lipinski definition) is 3. The third-order valence-corrected chi connectivity index (χ3v) is 2.68. The number of anilines is 1. The van der Waals surface area contributed by atoms with E-state index in [-0.39, 0.29) is 10.6 Å². The normalized spacial score (nSPS) is 14.2. The second-order valence-corrected chi connectivity index (χ2v) is 3.36. The molecular weight excluding hydrogens is 180 g/mol. The fraction of sp³-hybridized carbons (Fsp3) is 0.400. The van der Waals surface area contributed by atoms with Crippen molar-refractivity contribution in [3.05, 3.63) is 33.9 Å². The topological polar surface area (TPSA) is 46.4 Å². The summed E-state index contributed by atoms with van der Waals surface area (Å²) in [7, 11) is 0. The fourth-order valence-corrected chi connectivity index (χ4v) is 1.98. The van der Waals surface area contributed by atoms with Crippen LogP contribution in [0.3, 0.4) is 0 Å². The monoisotopic (exact) mass is 192 g/mol. The zero-order valence-electron chi connectivity index (χ0n) is 8.06. The summed E-state index contributed by atoms with van der Waals surface area (Å²) in [6, 6.07) is 5.29. The summed E-state index contributed by atoms with van der Waals surface area (Å²) in [4.78, 5) is 12.6. The van der Waals surface area contributed by atoms with Crippen molar-refractivity contribution in [3.63, 3.8) is 0 Å². The van der Waals surface area contributed by atoms with E-state index in [1.54, 1.807) is 12.1 Å². The number of fused-ring (bicyclic) bond motifs is 1. The van der Waals surface area contributed by atoms with Crippen LogP contribution in [0.5, 0.6) is 0 Å². The first kappa shape index (κ1) is 8.99. The van der Waals surface area contributed by atoms with Crippen LogP contribution in [-0.2, 0) is 6.42 Å². The summed E-state index contributed by atoms with van der Waals surface area (Å²) < 4.78 is 0. The summed E-state index contributed by atoms with van der Waals surface area (Å²) in [5.74, 6) is 0. The molecule has 0 aromatic heterocycles. The Morgan fingerprint density at radius 1 is 1.57 bits per heavy atom. The van der Waals surface area contributed by atoms with Gasteiger partial charge < -0.3 is 4.90 Å². The van der Waals surface area contributed by atoms with E-state index in [0.29, 0.717) is 0 Å². The predicted molar refractivity (Wildman–Crippen MR) is 54.7 cm³/mol. The molecule has 1 aromatic rings. The van der Waals surface area contributed by atoms with Crippen LogP contribution >= 0.6 is 0 Å². The number of nitro benzene ring substituents is 1. The van der Waals surface area contributed by atoms with Crippen LogP contribution in [0.2, 0.25) is 0 Å². The quantitative estimate of drug-likeness (QED) is 0.531. The van der Waals surface area contributed by atoms with Crippen molar-refractivity contribution in [2.45, 2.75) is 13.3 Å². The van der Waals surface area contributed by atoms with Crippen molar-refractivity contribution >= 4 is 11.4 Å². The highest BCUT2D eigenvalue weighted by atomic mass is 16.6. The van der Waals surface area contributed by atoms with Crippen molar-refractivity contribution in [1.29, 1.82) is 0 Å². The Morgan fingerprint density at radius 2 is 2.36 bits per heavy atom. The van der Waals surface area contributed by atoms with Crippen LogP contribution in [0, 0.1) is 10.1 Å². The van der Waals surface area contributed by atoms with Crippen LogP contribution in [0.4, 0.5) is 11.4 Å². The first-order chi connectivity index (χ1) is 6.74. The number of benzene rings is 1. The van der Waals surface area contributed by atoms with Crippen LogP contribution in [0.1, 0.15) is 12.5 Å². The summed E-state index contributed by atoms with van der Waals surface area (Å²) >= 11 is 0. The summed E-state index contributed by atoms with van der Waals surface area (Å²) in [5.41, 5.74) is 2.18. The maximum Gasteiger partial charge on any atom is 0.274 e. The predicted octanol–water partition coefficient (Wildman–Crippen LogP) is 1.98. The van der Waals surface area contributed by atoms with Crippen LogP contribution < -0.4 is 4.90 Å². The molecule has 1 aliphatic heterocycles. The molecule has 0 aliphatic carbocycles. The number of nitro groups is 1. The summed E-state index contributed by atoms with van der Waals surface area (Å²) in [6.07, 6.45) is 0.792. The minimum atomic E-state index is -0.294.